The number of aryl methyl sites for hydroxylation is 1. The molecule has 1 rings (SSSR count). The van der Waals surface area contributed by atoms with Gasteiger partial charge in [-0.2, -0.15) is 0 Å². The lowest BCUT2D eigenvalue weighted by Gasteiger charge is -2.13. The smallest absolute Gasteiger partial charge is 0.240 e. The van der Waals surface area contributed by atoms with Crippen molar-refractivity contribution in [2.24, 2.45) is 0 Å². The maximum atomic E-state index is 12.2. The Labute approximate surface area is 114 Å². The van der Waals surface area contributed by atoms with Gasteiger partial charge in [-0.15, -0.1) is 0 Å². The molecule has 0 saturated heterocycles. The van der Waals surface area contributed by atoms with Crippen LogP contribution >= 0.6 is 0 Å². The summed E-state index contributed by atoms with van der Waals surface area (Å²) in [5, 5.41) is 9.15. The molecule has 0 spiro atoms. The standard InChI is InChI=1S/C13H21NO4S/c1-4-18-6-5-14-19(16,17)13-8-12(9-15)7-10(2)11(13)3/h7-8,14-15H,4-6,9H2,1-3H3. The summed E-state index contributed by atoms with van der Waals surface area (Å²) in [5.41, 5.74) is 2.13. The van der Waals surface area contributed by atoms with Crippen LogP contribution in [-0.4, -0.2) is 33.3 Å². The number of hydrogen-bond acceptors (Lipinski definition) is 4. The first-order chi connectivity index (χ1) is 8.92. The highest BCUT2D eigenvalue weighted by Crippen LogP contribution is 2.21. The van der Waals surface area contributed by atoms with Crippen LogP contribution in [0.3, 0.4) is 0 Å². The molecule has 0 aliphatic heterocycles. The number of nitrogens with one attached hydrogen (secondary N) is 1. The Bertz CT molecular complexity index is 526. The highest BCUT2D eigenvalue weighted by atomic mass is 32.2. The Morgan fingerprint density at radius 2 is 2.00 bits per heavy atom. The Morgan fingerprint density at radius 3 is 2.58 bits per heavy atom. The van der Waals surface area contributed by atoms with Crippen molar-refractivity contribution < 1.29 is 18.3 Å². The maximum Gasteiger partial charge on any atom is 0.240 e. The van der Waals surface area contributed by atoms with E-state index in [9.17, 15) is 8.42 Å². The minimum atomic E-state index is -3.57. The molecule has 1 aromatic rings. The molecule has 0 radical (unpaired) electrons. The fourth-order valence-corrected chi connectivity index (χ4v) is 3.12. The zero-order valence-electron chi connectivity index (χ0n) is 11.6. The molecule has 0 aliphatic rings. The first-order valence-electron chi connectivity index (χ1n) is 6.20. The normalized spacial score (nSPS) is 11.8. The summed E-state index contributed by atoms with van der Waals surface area (Å²) in [6, 6.07) is 3.29. The van der Waals surface area contributed by atoms with Crippen LogP contribution in [0.25, 0.3) is 0 Å². The average Bonchev–Trinajstić information content (AvgIpc) is 2.37. The molecule has 1 aromatic carbocycles. The quantitative estimate of drug-likeness (QED) is 0.737. The predicted molar refractivity (Wildman–Crippen MR) is 73.5 cm³/mol. The minimum Gasteiger partial charge on any atom is -0.392 e. The monoisotopic (exact) mass is 287 g/mol. The third-order valence-corrected chi connectivity index (χ3v) is 4.48. The average molecular weight is 287 g/mol. The summed E-state index contributed by atoms with van der Waals surface area (Å²) in [4.78, 5) is 0.216. The van der Waals surface area contributed by atoms with E-state index in [1.165, 1.54) is 6.07 Å². The Hall–Kier alpha value is -0.950. The van der Waals surface area contributed by atoms with Gasteiger partial charge in [0, 0.05) is 13.2 Å². The van der Waals surface area contributed by atoms with Crippen LogP contribution in [0.4, 0.5) is 0 Å². The first-order valence-corrected chi connectivity index (χ1v) is 7.69. The molecule has 108 valence electrons. The van der Waals surface area contributed by atoms with E-state index in [2.05, 4.69) is 4.72 Å². The molecule has 19 heavy (non-hydrogen) atoms. The number of aliphatic hydroxyl groups excluding tert-OH is 1. The van der Waals surface area contributed by atoms with Crippen molar-refractivity contribution in [3.8, 4) is 0 Å². The topological polar surface area (TPSA) is 75.6 Å². The minimum absolute atomic E-state index is 0.178. The van der Waals surface area contributed by atoms with E-state index >= 15 is 0 Å². The van der Waals surface area contributed by atoms with E-state index in [4.69, 9.17) is 9.84 Å². The van der Waals surface area contributed by atoms with Crippen LogP contribution in [0.2, 0.25) is 0 Å². The van der Waals surface area contributed by atoms with Crippen LogP contribution in [-0.2, 0) is 21.4 Å². The second-order valence-electron chi connectivity index (χ2n) is 4.29. The van der Waals surface area contributed by atoms with Crippen molar-refractivity contribution in [3.05, 3.63) is 28.8 Å². The molecule has 0 bridgehead atoms. The van der Waals surface area contributed by atoms with Crippen LogP contribution in [0.5, 0.6) is 0 Å². The van der Waals surface area contributed by atoms with E-state index < -0.39 is 10.0 Å². The molecule has 0 saturated carbocycles. The van der Waals surface area contributed by atoms with Crippen molar-refractivity contribution in [1.29, 1.82) is 0 Å². The molecule has 0 aliphatic carbocycles. The summed E-state index contributed by atoms with van der Waals surface area (Å²) >= 11 is 0. The van der Waals surface area contributed by atoms with Crippen LogP contribution in [0, 0.1) is 13.8 Å². The third kappa shape index (κ3) is 4.28. The zero-order valence-corrected chi connectivity index (χ0v) is 12.4. The molecule has 0 fully saturated rings. The van der Waals surface area contributed by atoms with Gasteiger partial charge < -0.3 is 9.84 Å². The number of rotatable bonds is 7. The van der Waals surface area contributed by atoms with Crippen molar-refractivity contribution >= 4 is 10.0 Å². The fourth-order valence-electron chi connectivity index (χ4n) is 1.74. The van der Waals surface area contributed by atoms with Crippen LogP contribution in [0.1, 0.15) is 23.6 Å². The van der Waals surface area contributed by atoms with E-state index in [-0.39, 0.29) is 18.0 Å². The summed E-state index contributed by atoms with van der Waals surface area (Å²) in [5.74, 6) is 0. The summed E-state index contributed by atoms with van der Waals surface area (Å²) in [6.07, 6.45) is 0. The van der Waals surface area contributed by atoms with Crippen LogP contribution in [0.15, 0.2) is 17.0 Å². The molecule has 0 heterocycles. The van der Waals surface area contributed by atoms with Gasteiger partial charge in [0.1, 0.15) is 0 Å². The summed E-state index contributed by atoms with van der Waals surface area (Å²) in [7, 11) is -3.57. The summed E-state index contributed by atoms with van der Waals surface area (Å²) < 4.78 is 32.0. The van der Waals surface area contributed by atoms with Gasteiger partial charge in [0.25, 0.3) is 0 Å². The third-order valence-electron chi connectivity index (χ3n) is 2.89. The lowest BCUT2D eigenvalue weighted by atomic mass is 10.1. The Kier molecular flexibility index (Phi) is 5.93. The van der Waals surface area contributed by atoms with Gasteiger partial charge >= 0.3 is 0 Å². The number of hydrogen-bond donors (Lipinski definition) is 2. The van der Waals surface area contributed by atoms with Crippen molar-refractivity contribution in [1.82, 2.24) is 4.72 Å². The van der Waals surface area contributed by atoms with Gasteiger partial charge in [-0.3, -0.25) is 0 Å². The van der Waals surface area contributed by atoms with E-state index in [1.807, 2.05) is 13.8 Å². The second-order valence-corrected chi connectivity index (χ2v) is 6.02. The lowest BCUT2D eigenvalue weighted by molar-refractivity contribution is 0.153. The van der Waals surface area contributed by atoms with Crippen LogP contribution < -0.4 is 4.72 Å². The first kappa shape index (κ1) is 16.1. The number of aliphatic hydroxyl groups is 1. The number of sulfonamides is 1. The second kappa shape index (κ2) is 7.00. The molecular formula is C13H21NO4S. The highest BCUT2D eigenvalue weighted by molar-refractivity contribution is 7.89. The number of benzene rings is 1. The van der Waals surface area contributed by atoms with Crippen molar-refractivity contribution in [2.75, 3.05) is 19.8 Å². The molecule has 2 N–H and O–H groups in total. The van der Waals surface area contributed by atoms with E-state index in [0.29, 0.717) is 24.3 Å². The molecule has 0 aromatic heterocycles. The van der Waals surface area contributed by atoms with Crippen molar-refractivity contribution in [3.63, 3.8) is 0 Å². The van der Waals surface area contributed by atoms with Gasteiger partial charge in [0.15, 0.2) is 0 Å². The molecular weight excluding hydrogens is 266 g/mol. The zero-order chi connectivity index (χ0) is 14.5. The molecule has 0 unspecified atom stereocenters. The molecule has 5 nitrogen and oxygen atoms in total. The fraction of sp³-hybridized carbons (Fsp3) is 0.538. The largest absolute Gasteiger partial charge is 0.392 e. The molecule has 0 atom stereocenters. The Morgan fingerprint density at radius 1 is 1.32 bits per heavy atom. The number of ether oxygens (including phenoxy) is 1. The molecule has 0 amide bonds. The van der Waals surface area contributed by atoms with Gasteiger partial charge in [-0.1, -0.05) is 6.07 Å². The van der Waals surface area contributed by atoms with Gasteiger partial charge in [-0.05, 0) is 43.5 Å². The molecule has 6 heteroatoms. The van der Waals surface area contributed by atoms with Crippen molar-refractivity contribution in [2.45, 2.75) is 32.3 Å². The van der Waals surface area contributed by atoms with Gasteiger partial charge in [-0.25, -0.2) is 13.1 Å². The maximum absolute atomic E-state index is 12.2. The SMILES string of the molecule is CCOCCNS(=O)(=O)c1cc(CO)cc(C)c1C. The highest BCUT2D eigenvalue weighted by Gasteiger charge is 2.18. The van der Waals surface area contributed by atoms with E-state index in [0.717, 1.165) is 5.56 Å². The predicted octanol–water partition coefficient (Wildman–Crippen LogP) is 1.11. The van der Waals surface area contributed by atoms with Gasteiger partial charge in [0.2, 0.25) is 10.0 Å². The Balaban J connectivity index is 2.97. The van der Waals surface area contributed by atoms with Gasteiger partial charge in [0.05, 0.1) is 18.1 Å². The van der Waals surface area contributed by atoms with E-state index in [1.54, 1.807) is 13.0 Å². The summed E-state index contributed by atoms with van der Waals surface area (Å²) in [6.45, 7) is 6.39. The lowest BCUT2D eigenvalue weighted by Crippen LogP contribution is -2.28.